The van der Waals surface area contributed by atoms with E-state index in [0.29, 0.717) is 6.54 Å². The van der Waals surface area contributed by atoms with E-state index < -0.39 is 5.97 Å². The van der Waals surface area contributed by atoms with E-state index in [2.05, 4.69) is 48.5 Å². The van der Waals surface area contributed by atoms with Crippen LogP contribution in [0.3, 0.4) is 0 Å². The minimum absolute atomic E-state index is 0.202. The lowest BCUT2D eigenvalue weighted by Gasteiger charge is -2.15. The molecule has 1 atom stereocenters. The molecular formula is C18H17NO2. The molecule has 0 spiro atoms. The van der Waals surface area contributed by atoms with Gasteiger partial charge in [0.05, 0.1) is 0 Å². The fourth-order valence-corrected chi connectivity index (χ4v) is 2.20. The molecule has 0 aliphatic heterocycles. The van der Waals surface area contributed by atoms with Crippen LogP contribution in [0.2, 0.25) is 0 Å². The molecule has 3 heteroatoms. The van der Waals surface area contributed by atoms with Crippen LogP contribution in [-0.4, -0.2) is 17.6 Å². The smallest absolute Gasteiger partial charge is 0.382 e. The molecule has 2 aromatic rings. The Morgan fingerprint density at radius 3 is 2.86 bits per heavy atom. The van der Waals surface area contributed by atoms with E-state index in [1.54, 1.807) is 6.08 Å². The third-order valence-electron chi connectivity index (χ3n) is 3.21. The zero-order valence-corrected chi connectivity index (χ0v) is 11.8. The number of fused-ring (bicyclic) bond motifs is 1. The first-order valence-corrected chi connectivity index (χ1v) is 6.79. The van der Waals surface area contributed by atoms with Crippen molar-refractivity contribution in [1.82, 2.24) is 5.32 Å². The van der Waals surface area contributed by atoms with Gasteiger partial charge < -0.3 is 10.4 Å². The zero-order valence-electron chi connectivity index (χ0n) is 11.8. The molecule has 2 N–H and O–H groups in total. The molecule has 3 nitrogen and oxygen atoms in total. The summed E-state index contributed by atoms with van der Waals surface area (Å²) >= 11 is 0. The topological polar surface area (TPSA) is 49.3 Å². The van der Waals surface area contributed by atoms with Crippen LogP contribution in [0, 0.1) is 11.8 Å². The van der Waals surface area contributed by atoms with Crippen molar-refractivity contribution in [2.75, 3.05) is 6.54 Å². The number of nitrogens with one attached hydrogen (secondary N) is 1. The molecule has 0 aliphatic rings. The van der Waals surface area contributed by atoms with Crippen molar-refractivity contribution in [2.45, 2.75) is 13.0 Å². The standard InChI is InChI=1S/C18H17NO2/c1-14(19-13-6-2-3-12-18(20)21)16-11-7-9-15-8-4-5-10-17(15)16/h2,4-11,14,19H,13H2,1H3,(H,20,21)/t14-/m1/s1. The summed E-state index contributed by atoms with van der Waals surface area (Å²) in [4.78, 5) is 10.2. The Balaban J connectivity index is 2.02. The molecule has 106 valence electrons. The fourth-order valence-electron chi connectivity index (χ4n) is 2.20. The van der Waals surface area contributed by atoms with Crippen LogP contribution >= 0.6 is 0 Å². The Labute approximate surface area is 124 Å². The minimum atomic E-state index is -1.11. The summed E-state index contributed by atoms with van der Waals surface area (Å²) < 4.78 is 0. The van der Waals surface area contributed by atoms with Crippen LogP contribution in [0.4, 0.5) is 0 Å². The first kappa shape index (κ1) is 14.8. The van der Waals surface area contributed by atoms with E-state index in [0.717, 1.165) is 0 Å². The summed E-state index contributed by atoms with van der Waals surface area (Å²) in [5.74, 6) is 3.39. The monoisotopic (exact) mass is 279 g/mol. The second-order valence-electron chi connectivity index (χ2n) is 4.68. The summed E-state index contributed by atoms with van der Waals surface area (Å²) in [6.07, 6.45) is 3.37. The van der Waals surface area contributed by atoms with Gasteiger partial charge in [0.1, 0.15) is 0 Å². The predicted molar refractivity (Wildman–Crippen MR) is 84.9 cm³/mol. The summed E-state index contributed by atoms with van der Waals surface area (Å²) in [5.41, 5.74) is 1.25. The molecule has 0 saturated heterocycles. The summed E-state index contributed by atoms with van der Waals surface area (Å²) in [6, 6.07) is 14.8. The molecule has 21 heavy (non-hydrogen) atoms. The van der Waals surface area contributed by atoms with Crippen molar-refractivity contribution in [1.29, 1.82) is 0 Å². The first-order chi connectivity index (χ1) is 10.2. The molecule has 0 aliphatic carbocycles. The predicted octanol–water partition coefficient (Wildman–Crippen LogP) is 3.13. The largest absolute Gasteiger partial charge is 0.472 e. The second kappa shape index (κ2) is 7.28. The molecule has 2 rings (SSSR count). The number of allylic oxidation sites excluding steroid dienone is 1. The van der Waals surface area contributed by atoms with Crippen molar-refractivity contribution < 1.29 is 9.90 Å². The van der Waals surface area contributed by atoms with Gasteiger partial charge in [0, 0.05) is 18.5 Å². The van der Waals surface area contributed by atoms with Gasteiger partial charge in [-0.3, -0.25) is 0 Å². The minimum Gasteiger partial charge on any atom is -0.472 e. The fraction of sp³-hybridized carbons (Fsp3) is 0.167. The Hall–Kier alpha value is -2.57. The maximum absolute atomic E-state index is 10.2. The van der Waals surface area contributed by atoms with E-state index >= 15 is 0 Å². The van der Waals surface area contributed by atoms with Gasteiger partial charge >= 0.3 is 5.97 Å². The number of carboxylic acids is 1. The summed E-state index contributed by atoms with van der Waals surface area (Å²) in [6.45, 7) is 2.75. The second-order valence-corrected chi connectivity index (χ2v) is 4.68. The van der Waals surface area contributed by atoms with E-state index in [9.17, 15) is 4.79 Å². The molecule has 0 amide bonds. The van der Waals surface area contributed by atoms with Gasteiger partial charge in [-0.15, -0.1) is 0 Å². The van der Waals surface area contributed by atoms with Gasteiger partial charge in [0.2, 0.25) is 0 Å². The van der Waals surface area contributed by atoms with Crippen molar-refractivity contribution in [2.24, 2.45) is 0 Å². The van der Waals surface area contributed by atoms with Gasteiger partial charge in [-0.2, -0.15) is 0 Å². The highest BCUT2D eigenvalue weighted by molar-refractivity contribution is 5.87. The Kier molecular flexibility index (Phi) is 5.14. The third kappa shape index (κ3) is 4.20. The van der Waals surface area contributed by atoms with Crippen LogP contribution in [0.5, 0.6) is 0 Å². The highest BCUT2D eigenvalue weighted by Crippen LogP contribution is 2.23. The van der Waals surface area contributed by atoms with Crippen LogP contribution in [0.15, 0.2) is 54.6 Å². The molecule has 0 fully saturated rings. The first-order valence-electron chi connectivity index (χ1n) is 6.79. The SMILES string of the molecule is C[C@@H](NCC=CC#CC(=O)O)c1cccc2ccccc12. The van der Waals surface area contributed by atoms with Crippen LogP contribution < -0.4 is 5.32 Å². The number of hydrogen-bond acceptors (Lipinski definition) is 2. The molecular weight excluding hydrogens is 262 g/mol. The van der Waals surface area contributed by atoms with Gasteiger partial charge in [-0.1, -0.05) is 54.5 Å². The molecule has 0 saturated carbocycles. The van der Waals surface area contributed by atoms with Gasteiger partial charge in [0.15, 0.2) is 0 Å². The Morgan fingerprint density at radius 1 is 1.29 bits per heavy atom. The number of rotatable bonds is 4. The number of hydrogen-bond donors (Lipinski definition) is 2. The van der Waals surface area contributed by atoms with Gasteiger partial charge in [-0.05, 0) is 29.3 Å². The van der Waals surface area contributed by atoms with Crippen molar-refractivity contribution in [3.8, 4) is 11.8 Å². The highest BCUT2D eigenvalue weighted by atomic mass is 16.4. The average Bonchev–Trinajstić information content (AvgIpc) is 2.49. The molecule has 0 unspecified atom stereocenters. The number of carbonyl (C=O) groups is 1. The number of carboxylic acid groups (broad SMARTS) is 1. The highest BCUT2D eigenvalue weighted by Gasteiger charge is 2.07. The lowest BCUT2D eigenvalue weighted by molar-refractivity contribution is -0.130. The molecule has 2 aromatic carbocycles. The van der Waals surface area contributed by atoms with Crippen molar-refractivity contribution >= 4 is 16.7 Å². The lowest BCUT2D eigenvalue weighted by atomic mass is 10.00. The average molecular weight is 279 g/mol. The van der Waals surface area contributed by atoms with E-state index in [4.69, 9.17) is 5.11 Å². The third-order valence-corrected chi connectivity index (χ3v) is 3.21. The summed E-state index contributed by atoms with van der Waals surface area (Å²) in [7, 11) is 0. The molecule has 0 aromatic heterocycles. The van der Waals surface area contributed by atoms with Crippen molar-refractivity contribution in [3.63, 3.8) is 0 Å². The molecule has 0 radical (unpaired) electrons. The quantitative estimate of drug-likeness (QED) is 0.845. The van der Waals surface area contributed by atoms with Crippen LogP contribution in [-0.2, 0) is 4.79 Å². The van der Waals surface area contributed by atoms with E-state index in [1.807, 2.05) is 24.1 Å². The lowest BCUT2D eigenvalue weighted by Crippen LogP contribution is -2.18. The molecule has 0 heterocycles. The normalized spacial score (nSPS) is 12.0. The van der Waals surface area contributed by atoms with Crippen molar-refractivity contribution in [3.05, 3.63) is 60.2 Å². The Bertz CT molecular complexity index is 717. The maximum atomic E-state index is 10.2. The number of benzene rings is 2. The summed E-state index contributed by atoms with van der Waals surface area (Å²) in [5, 5.41) is 14.2. The maximum Gasteiger partial charge on any atom is 0.382 e. The van der Waals surface area contributed by atoms with Crippen LogP contribution in [0.1, 0.15) is 18.5 Å². The number of aliphatic carboxylic acids is 1. The molecule has 0 bridgehead atoms. The Morgan fingerprint density at radius 2 is 2.05 bits per heavy atom. The van der Waals surface area contributed by atoms with E-state index in [1.165, 1.54) is 16.3 Å². The van der Waals surface area contributed by atoms with Gasteiger partial charge in [-0.25, -0.2) is 4.79 Å². The van der Waals surface area contributed by atoms with Gasteiger partial charge in [0.25, 0.3) is 0 Å². The zero-order chi connectivity index (χ0) is 15.1. The van der Waals surface area contributed by atoms with E-state index in [-0.39, 0.29) is 6.04 Å². The van der Waals surface area contributed by atoms with Crippen LogP contribution in [0.25, 0.3) is 10.8 Å².